The van der Waals surface area contributed by atoms with Crippen molar-refractivity contribution in [2.75, 3.05) is 11.4 Å². The summed E-state index contributed by atoms with van der Waals surface area (Å²) in [4.78, 5) is 29.5. The molecule has 1 atom stereocenters. The molecule has 30 heavy (non-hydrogen) atoms. The summed E-state index contributed by atoms with van der Waals surface area (Å²) in [7, 11) is 0. The molecule has 2 heterocycles. The molecule has 1 aliphatic heterocycles. The summed E-state index contributed by atoms with van der Waals surface area (Å²) in [6, 6.07) is 20.4. The third kappa shape index (κ3) is 3.11. The monoisotopic (exact) mass is 399 g/mol. The topological polar surface area (TPSA) is 45.6 Å². The molecule has 2 amide bonds. The molecule has 2 aromatic carbocycles. The van der Waals surface area contributed by atoms with E-state index in [0.29, 0.717) is 0 Å². The molecule has 5 nitrogen and oxygen atoms in total. The second-order valence-corrected chi connectivity index (χ2v) is 8.25. The Balaban J connectivity index is 1.63. The van der Waals surface area contributed by atoms with Gasteiger partial charge in [0.05, 0.1) is 17.1 Å². The zero-order valence-electron chi connectivity index (χ0n) is 17.3. The molecule has 0 bridgehead atoms. The van der Waals surface area contributed by atoms with Crippen LogP contribution in [0.1, 0.15) is 42.6 Å². The number of anilines is 1. The highest BCUT2D eigenvalue weighted by atomic mass is 16.2. The lowest BCUT2D eigenvalue weighted by Gasteiger charge is -2.39. The summed E-state index contributed by atoms with van der Waals surface area (Å²) in [6.45, 7) is 3.73. The molecule has 0 radical (unpaired) electrons. The number of amides is 2. The van der Waals surface area contributed by atoms with Crippen LogP contribution in [-0.2, 0) is 9.59 Å². The molecule has 2 aliphatic rings. The largest absolute Gasteiger partial charge is 0.331 e. The lowest BCUT2D eigenvalue weighted by Crippen LogP contribution is -2.47. The average Bonchev–Trinajstić information content (AvgIpc) is 3.45. The molecule has 0 spiro atoms. The molecule has 1 unspecified atom stereocenters. The van der Waals surface area contributed by atoms with E-state index in [-0.39, 0.29) is 30.4 Å². The number of fused-ring (bicyclic) bond motifs is 3. The third-order valence-corrected chi connectivity index (χ3v) is 6.04. The molecule has 5 heteroatoms. The maximum Gasteiger partial charge on any atom is 0.247 e. The Kier molecular flexibility index (Phi) is 4.46. The number of aryl methyl sites for hydroxylation is 1. The van der Waals surface area contributed by atoms with Crippen LogP contribution in [0.2, 0.25) is 0 Å². The van der Waals surface area contributed by atoms with Gasteiger partial charge in [0.2, 0.25) is 11.8 Å². The molecule has 152 valence electrons. The lowest BCUT2D eigenvalue weighted by molar-refractivity contribution is -0.134. The van der Waals surface area contributed by atoms with Crippen LogP contribution in [0, 0.1) is 6.92 Å². The highest BCUT2D eigenvalue weighted by Gasteiger charge is 2.39. The Morgan fingerprint density at radius 2 is 1.77 bits per heavy atom. The number of nitrogens with zero attached hydrogens (tertiary/aromatic N) is 3. The van der Waals surface area contributed by atoms with E-state index in [9.17, 15) is 9.59 Å². The molecule has 5 rings (SSSR count). The first-order valence-electron chi connectivity index (χ1n) is 10.5. The van der Waals surface area contributed by atoms with Crippen molar-refractivity contribution in [2.24, 2.45) is 0 Å². The fourth-order valence-corrected chi connectivity index (χ4v) is 4.52. The number of benzene rings is 2. The highest BCUT2D eigenvalue weighted by molar-refractivity contribution is 6.00. The van der Waals surface area contributed by atoms with Crippen LogP contribution in [-0.4, -0.2) is 33.9 Å². The summed E-state index contributed by atoms with van der Waals surface area (Å²) >= 11 is 0. The third-order valence-electron chi connectivity index (χ3n) is 6.04. The zero-order valence-corrected chi connectivity index (χ0v) is 17.3. The predicted octanol–water partition coefficient (Wildman–Crippen LogP) is 4.23. The van der Waals surface area contributed by atoms with E-state index in [4.69, 9.17) is 0 Å². The maximum atomic E-state index is 13.7. The van der Waals surface area contributed by atoms with Gasteiger partial charge in [0, 0.05) is 19.2 Å². The molecule has 1 aromatic heterocycles. The zero-order chi connectivity index (χ0) is 20.8. The van der Waals surface area contributed by atoms with E-state index in [1.54, 1.807) is 11.8 Å². The van der Waals surface area contributed by atoms with Crippen molar-refractivity contribution < 1.29 is 9.59 Å². The summed E-state index contributed by atoms with van der Waals surface area (Å²) < 4.78 is 2.16. The van der Waals surface area contributed by atoms with Crippen LogP contribution < -0.4 is 4.90 Å². The Bertz CT molecular complexity index is 1130. The minimum Gasteiger partial charge on any atom is -0.331 e. The lowest BCUT2D eigenvalue weighted by atomic mass is 9.96. The van der Waals surface area contributed by atoms with E-state index < -0.39 is 0 Å². The van der Waals surface area contributed by atoms with Gasteiger partial charge in [-0.15, -0.1) is 0 Å². The minimum absolute atomic E-state index is 0.0355. The fourth-order valence-electron chi connectivity index (χ4n) is 4.52. The number of aromatic nitrogens is 1. The van der Waals surface area contributed by atoms with Gasteiger partial charge in [0.1, 0.15) is 12.6 Å². The number of carbonyl (C=O) groups excluding carboxylic acids is 2. The van der Waals surface area contributed by atoms with E-state index in [0.717, 1.165) is 41.0 Å². The molecule has 1 fully saturated rings. The number of rotatable bonds is 4. The quantitative estimate of drug-likeness (QED) is 0.659. The van der Waals surface area contributed by atoms with Crippen molar-refractivity contribution in [3.8, 4) is 5.69 Å². The SMILES string of the molecule is CC(=O)N(CC(=O)N1c2ccccc2-n2cccc2C1c1cccc(C)c1)C1CC1. The Hall–Kier alpha value is -3.34. The molecule has 1 saturated carbocycles. The highest BCUT2D eigenvalue weighted by Crippen LogP contribution is 2.42. The van der Waals surface area contributed by atoms with Crippen molar-refractivity contribution in [3.05, 3.63) is 83.7 Å². The summed E-state index contributed by atoms with van der Waals surface area (Å²) in [5.41, 5.74) is 5.12. The van der Waals surface area contributed by atoms with E-state index in [2.05, 4.69) is 35.8 Å². The molecule has 0 N–H and O–H groups in total. The first-order chi connectivity index (χ1) is 14.5. The van der Waals surface area contributed by atoms with Gasteiger partial charge in [-0.25, -0.2) is 0 Å². The van der Waals surface area contributed by atoms with Gasteiger partial charge in [-0.1, -0.05) is 42.0 Å². The van der Waals surface area contributed by atoms with Crippen LogP contribution >= 0.6 is 0 Å². The second-order valence-electron chi connectivity index (χ2n) is 8.25. The van der Waals surface area contributed by atoms with Crippen LogP contribution in [0.3, 0.4) is 0 Å². The molecule has 0 saturated heterocycles. The second kappa shape index (κ2) is 7.17. The van der Waals surface area contributed by atoms with Crippen molar-refractivity contribution >= 4 is 17.5 Å². The molecular weight excluding hydrogens is 374 g/mol. The molecule has 1 aliphatic carbocycles. The van der Waals surface area contributed by atoms with Crippen molar-refractivity contribution in [2.45, 2.75) is 38.8 Å². The number of hydrogen-bond acceptors (Lipinski definition) is 2. The van der Waals surface area contributed by atoms with Crippen LogP contribution in [0.5, 0.6) is 0 Å². The summed E-state index contributed by atoms with van der Waals surface area (Å²) in [5, 5.41) is 0. The standard InChI is InChI=1S/C25H25N3O2/c1-17-7-5-8-19(15-17)25-23-11-6-14-26(23)21-9-3-4-10-22(21)28(25)24(30)16-27(18(2)29)20-12-13-20/h3-11,14-15,20,25H,12-13,16H2,1-2H3. The van der Waals surface area contributed by atoms with Gasteiger partial charge in [0.25, 0.3) is 0 Å². The van der Waals surface area contributed by atoms with E-state index >= 15 is 0 Å². The van der Waals surface area contributed by atoms with E-state index in [1.807, 2.05) is 47.5 Å². The van der Waals surface area contributed by atoms with Crippen molar-refractivity contribution in [1.29, 1.82) is 0 Å². The Morgan fingerprint density at radius 1 is 1.00 bits per heavy atom. The number of para-hydroxylation sites is 2. The van der Waals surface area contributed by atoms with Gasteiger partial charge in [-0.05, 0) is 49.6 Å². The van der Waals surface area contributed by atoms with Gasteiger partial charge in [0.15, 0.2) is 0 Å². The van der Waals surface area contributed by atoms with Crippen LogP contribution in [0.15, 0.2) is 66.9 Å². The van der Waals surface area contributed by atoms with Gasteiger partial charge in [-0.3, -0.25) is 14.5 Å². The Labute approximate surface area is 176 Å². The van der Waals surface area contributed by atoms with Crippen molar-refractivity contribution in [3.63, 3.8) is 0 Å². The molecular formula is C25H25N3O2. The first-order valence-corrected chi connectivity index (χ1v) is 10.5. The fraction of sp³-hybridized carbons (Fsp3) is 0.280. The smallest absolute Gasteiger partial charge is 0.247 e. The normalized spacial score (nSPS) is 17.3. The van der Waals surface area contributed by atoms with Gasteiger partial charge < -0.3 is 9.47 Å². The number of hydrogen-bond donors (Lipinski definition) is 0. The van der Waals surface area contributed by atoms with Gasteiger partial charge in [-0.2, -0.15) is 0 Å². The van der Waals surface area contributed by atoms with Crippen LogP contribution in [0.4, 0.5) is 5.69 Å². The summed E-state index contributed by atoms with van der Waals surface area (Å²) in [5.74, 6) is -0.0878. The van der Waals surface area contributed by atoms with E-state index in [1.165, 1.54) is 0 Å². The summed E-state index contributed by atoms with van der Waals surface area (Å²) in [6.07, 6.45) is 4.01. The Morgan fingerprint density at radius 3 is 2.47 bits per heavy atom. The van der Waals surface area contributed by atoms with Crippen molar-refractivity contribution in [1.82, 2.24) is 9.47 Å². The number of carbonyl (C=O) groups is 2. The first kappa shape index (κ1) is 18.7. The van der Waals surface area contributed by atoms with Gasteiger partial charge >= 0.3 is 0 Å². The maximum absolute atomic E-state index is 13.7. The minimum atomic E-state index is -0.240. The predicted molar refractivity (Wildman–Crippen MR) is 117 cm³/mol. The van der Waals surface area contributed by atoms with Crippen LogP contribution in [0.25, 0.3) is 5.69 Å². The molecule has 3 aromatic rings. The average molecular weight is 399 g/mol.